The standard InChI is InChI=1S/C17H18O10/c1-4-3-6-15-7(18)9-16(23,5(2)10(20)25-9)17(15,12(22)24-6)27-13-14(4,15)8(19)11(21)26-13/h4-9,13,18-19,23H,3H2,1-2H3/t4-,5-,6?,7+,8+,9+,13?,14?,15?,16-,17+/m1/s1/i3T/t3-,4-,5-,6?,7+,8+,9+,13?,14?,15?,16-,17+. The minimum Gasteiger partial charge on any atom is -0.459 e. The first-order chi connectivity index (χ1) is 13.1. The van der Waals surface area contributed by atoms with Crippen molar-refractivity contribution in [1.29, 1.82) is 0 Å². The maximum Gasteiger partial charge on any atom is 0.343 e. The highest BCUT2D eigenvalue weighted by Gasteiger charge is 3.03. The minimum atomic E-state index is -2.32. The Bertz CT molecular complexity index is 878. The number of aliphatic hydroxyl groups is 3. The van der Waals surface area contributed by atoms with Crippen molar-refractivity contribution in [1.82, 2.24) is 0 Å². The zero-order valence-corrected chi connectivity index (χ0v) is 14.3. The summed E-state index contributed by atoms with van der Waals surface area (Å²) < 4.78 is 30.4. The fourth-order valence-corrected chi connectivity index (χ4v) is 7.12. The summed E-state index contributed by atoms with van der Waals surface area (Å²) in [6.07, 6.45) is -8.99. The Kier molecular flexibility index (Phi) is 2.25. The van der Waals surface area contributed by atoms with Gasteiger partial charge in [-0.3, -0.25) is 4.79 Å². The first-order valence-corrected chi connectivity index (χ1v) is 8.86. The molecule has 4 heterocycles. The van der Waals surface area contributed by atoms with E-state index in [9.17, 15) is 29.7 Å². The minimum absolute atomic E-state index is 0.804. The van der Waals surface area contributed by atoms with Crippen molar-refractivity contribution in [2.75, 3.05) is 0 Å². The van der Waals surface area contributed by atoms with Crippen LogP contribution in [0.5, 0.6) is 0 Å². The molecule has 3 N–H and O–H groups in total. The van der Waals surface area contributed by atoms with Crippen molar-refractivity contribution >= 4 is 17.9 Å². The topological polar surface area (TPSA) is 149 Å². The molecule has 6 fully saturated rings. The van der Waals surface area contributed by atoms with E-state index in [0.29, 0.717) is 0 Å². The summed E-state index contributed by atoms with van der Waals surface area (Å²) in [5, 5.41) is 33.9. The van der Waals surface area contributed by atoms with Crippen LogP contribution in [0.1, 0.15) is 21.6 Å². The van der Waals surface area contributed by atoms with E-state index in [1.807, 2.05) is 0 Å². The summed E-state index contributed by atoms with van der Waals surface area (Å²) >= 11 is 0. The summed E-state index contributed by atoms with van der Waals surface area (Å²) in [5.74, 6) is -4.96. The molecule has 4 aliphatic heterocycles. The maximum absolute atomic E-state index is 13.2. The molecule has 0 aromatic rings. The van der Waals surface area contributed by atoms with Crippen LogP contribution in [0.25, 0.3) is 0 Å². The first kappa shape index (κ1) is 15.2. The smallest absolute Gasteiger partial charge is 0.343 e. The molecule has 2 aliphatic carbocycles. The molecule has 4 unspecified atom stereocenters. The van der Waals surface area contributed by atoms with E-state index in [2.05, 4.69) is 0 Å². The second-order valence-corrected chi connectivity index (χ2v) is 8.43. The van der Waals surface area contributed by atoms with E-state index in [4.69, 9.17) is 20.3 Å². The van der Waals surface area contributed by atoms with Gasteiger partial charge in [-0.2, -0.15) is 0 Å². The molecule has 2 spiro atoms. The first-order valence-electron chi connectivity index (χ1n) is 9.44. The maximum atomic E-state index is 13.2. The third-order valence-corrected chi connectivity index (χ3v) is 8.07. The molecule has 27 heavy (non-hydrogen) atoms. The lowest BCUT2D eigenvalue weighted by atomic mass is 9.54. The molecule has 4 saturated heterocycles. The fourth-order valence-electron chi connectivity index (χ4n) is 7.12. The molecule has 2 saturated carbocycles. The van der Waals surface area contributed by atoms with Gasteiger partial charge in [0.1, 0.15) is 12.2 Å². The Morgan fingerprint density at radius 3 is 2.52 bits per heavy atom. The number of hydrogen-bond acceptors (Lipinski definition) is 10. The number of hydrogen-bond donors (Lipinski definition) is 3. The van der Waals surface area contributed by atoms with Crippen LogP contribution < -0.4 is 0 Å². The van der Waals surface area contributed by atoms with Gasteiger partial charge in [-0.15, -0.1) is 0 Å². The molecular weight excluding hydrogens is 364 g/mol. The van der Waals surface area contributed by atoms with Crippen LogP contribution in [0.15, 0.2) is 0 Å². The summed E-state index contributed by atoms with van der Waals surface area (Å²) in [5.41, 5.74) is -8.26. The number of aliphatic hydroxyl groups excluding tert-OH is 2. The fraction of sp³-hybridized carbons (Fsp3) is 0.824. The monoisotopic (exact) mass is 384 g/mol. The zero-order valence-electron chi connectivity index (χ0n) is 15.3. The molecular formula is C17H18O10. The highest BCUT2D eigenvalue weighted by Crippen LogP contribution is 2.83. The van der Waals surface area contributed by atoms with Crippen molar-refractivity contribution in [3.05, 3.63) is 0 Å². The Morgan fingerprint density at radius 2 is 1.81 bits per heavy atom. The largest absolute Gasteiger partial charge is 0.459 e. The molecule has 146 valence electrons. The third kappa shape index (κ3) is 1.06. The van der Waals surface area contributed by atoms with Crippen LogP contribution >= 0.6 is 0 Å². The van der Waals surface area contributed by atoms with Gasteiger partial charge in [-0.25, -0.2) is 9.59 Å². The van der Waals surface area contributed by atoms with Gasteiger partial charge in [-0.05, 0) is 19.2 Å². The predicted octanol–water partition coefficient (Wildman–Crippen LogP) is -2.40. The Balaban J connectivity index is 1.74. The van der Waals surface area contributed by atoms with Gasteiger partial charge in [-0.1, -0.05) is 6.92 Å². The molecule has 0 amide bonds. The third-order valence-electron chi connectivity index (χ3n) is 8.07. The molecule has 10 nitrogen and oxygen atoms in total. The normalized spacial score (nSPS) is 68.0. The van der Waals surface area contributed by atoms with Crippen molar-refractivity contribution in [2.45, 2.75) is 62.2 Å². The lowest BCUT2D eigenvalue weighted by Gasteiger charge is -2.44. The van der Waals surface area contributed by atoms with Crippen LogP contribution in [0, 0.1) is 22.7 Å². The van der Waals surface area contributed by atoms with Gasteiger partial charge in [0.25, 0.3) is 0 Å². The number of esters is 3. The molecule has 0 radical (unpaired) electrons. The highest BCUT2D eigenvalue weighted by molar-refractivity contribution is 5.94. The van der Waals surface area contributed by atoms with Gasteiger partial charge in [0.15, 0.2) is 17.8 Å². The van der Waals surface area contributed by atoms with Crippen LogP contribution in [0.3, 0.4) is 0 Å². The van der Waals surface area contributed by atoms with Gasteiger partial charge in [0.2, 0.25) is 11.9 Å². The average molecular weight is 384 g/mol. The summed E-state index contributed by atoms with van der Waals surface area (Å²) in [6, 6.07) is 0. The summed E-state index contributed by atoms with van der Waals surface area (Å²) in [7, 11) is 0. The van der Waals surface area contributed by atoms with Crippen LogP contribution in [0.4, 0.5) is 0 Å². The van der Waals surface area contributed by atoms with Crippen molar-refractivity contribution in [3.63, 3.8) is 0 Å². The van der Waals surface area contributed by atoms with Crippen LogP contribution in [-0.2, 0) is 33.3 Å². The van der Waals surface area contributed by atoms with Crippen molar-refractivity contribution < 1.29 is 50.0 Å². The second-order valence-electron chi connectivity index (χ2n) is 8.43. The molecule has 10 heteroatoms. The van der Waals surface area contributed by atoms with Gasteiger partial charge >= 0.3 is 17.9 Å². The van der Waals surface area contributed by atoms with Gasteiger partial charge in [0.05, 0.1) is 16.7 Å². The zero-order chi connectivity index (χ0) is 20.2. The molecule has 6 aliphatic rings. The molecule has 0 bridgehead atoms. The number of ether oxygens (including phenoxy) is 4. The second kappa shape index (κ2) is 4.00. The van der Waals surface area contributed by atoms with Crippen LogP contribution in [-0.4, -0.2) is 75.1 Å². The number of carbonyl (C=O) groups excluding carboxylic acids is 3. The van der Waals surface area contributed by atoms with E-state index in [1.54, 1.807) is 6.92 Å². The molecule has 0 aromatic carbocycles. The summed E-state index contributed by atoms with van der Waals surface area (Å²) in [4.78, 5) is 37.6. The van der Waals surface area contributed by atoms with Crippen LogP contribution in [0.2, 0.25) is 0 Å². The summed E-state index contributed by atoms with van der Waals surface area (Å²) in [6.45, 7) is 2.92. The SMILES string of the molecule is [3H][C@H]1C2OC(=O)[C@]34OC5OC(=O)[C@H](O)C5([C@@H]1C)C23[C@@H](O)[C@@H]1OC(=O)[C@@H](C)[C@@]14O. The lowest BCUT2D eigenvalue weighted by molar-refractivity contribution is -0.238. The molecule has 12 atom stereocenters. The van der Waals surface area contributed by atoms with E-state index in [1.165, 1.54) is 6.92 Å². The molecule has 0 aromatic heterocycles. The van der Waals surface area contributed by atoms with Crippen molar-refractivity contribution in [2.24, 2.45) is 22.7 Å². The van der Waals surface area contributed by atoms with Gasteiger partial charge in [0, 0.05) is 1.37 Å². The Hall–Kier alpha value is -1.75. The van der Waals surface area contributed by atoms with Gasteiger partial charge < -0.3 is 34.3 Å². The van der Waals surface area contributed by atoms with E-state index in [0.717, 1.165) is 0 Å². The number of rotatable bonds is 0. The van der Waals surface area contributed by atoms with E-state index < -0.39 is 88.9 Å². The van der Waals surface area contributed by atoms with E-state index >= 15 is 0 Å². The molecule has 6 rings (SSSR count). The Morgan fingerprint density at radius 1 is 1.11 bits per heavy atom. The number of fused-ring (bicyclic) bond motifs is 1. The quantitative estimate of drug-likeness (QED) is 0.305. The lowest BCUT2D eigenvalue weighted by Crippen LogP contribution is -2.66. The number of carbonyl (C=O) groups is 3. The van der Waals surface area contributed by atoms with E-state index in [-0.39, 0.29) is 0 Å². The van der Waals surface area contributed by atoms with Crippen molar-refractivity contribution in [3.8, 4) is 0 Å². The average Bonchev–Trinajstić information content (AvgIpc) is 3.33. The predicted molar refractivity (Wildman–Crippen MR) is 78.2 cm³/mol. The Labute approximate surface area is 153 Å². The highest BCUT2D eigenvalue weighted by atomic mass is 16.8.